The molecule has 64 heavy (non-hydrogen) atoms. The number of carbonyl (C=O) groups is 10. The first-order valence-corrected chi connectivity index (χ1v) is 24.6. The van der Waals surface area contributed by atoms with E-state index in [0.717, 1.165) is 33.3 Å². The number of nitrogens with one attached hydrogen (secondary N) is 5. The monoisotopic (exact) mass is 947 g/mol. The smallest absolute Gasteiger partial charge is 0.304 e. The van der Waals surface area contributed by atoms with E-state index in [-0.39, 0.29) is 61.2 Å². The molecular weight excluding hydrogens is 889 g/mol. The van der Waals surface area contributed by atoms with Crippen molar-refractivity contribution in [2.45, 2.75) is 95.3 Å². The number of fused-ring (bicyclic) bond motifs is 5. The van der Waals surface area contributed by atoms with Crippen LogP contribution in [0.15, 0.2) is 35.3 Å². The molecule has 1 unspecified atom stereocenters. The lowest BCUT2D eigenvalue weighted by molar-refractivity contribution is -0.142. The van der Waals surface area contributed by atoms with Crippen molar-refractivity contribution in [1.29, 1.82) is 0 Å². The first kappa shape index (κ1) is 53.4. The van der Waals surface area contributed by atoms with Crippen LogP contribution in [-0.2, 0) is 54.4 Å². The average molecular weight is 948 g/mol. The number of hydrogen-bond donors (Lipinski definition) is 8. The maximum Gasteiger partial charge on any atom is 0.304 e. The predicted octanol–water partition coefficient (Wildman–Crippen LogP) is 0.274. The van der Waals surface area contributed by atoms with Crippen LogP contribution < -0.4 is 38.1 Å². The molecule has 10 N–H and O–H groups in total. The van der Waals surface area contributed by atoms with Crippen molar-refractivity contribution >= 4 is 97.9 Å². The van der Waals surface area contributed by atoms with Gasteiger partial charge in [-0.2, -0.15) is 6.42 Å². The number of carbonyl (C=O) groups excluding carboxylic acids is 9. The second kappa shape index (κ2) is 28.1. The van der Waals surface area contributed by atoms with Crippen LogP contribution in [0.25, 0.3) is 0 Å². The van der Waals surface area contributed by atoms with Crippen LogP contribution >= 0.6 is 33.3 Å². The van der Waals surface area contributed by atoms with Crippen molar-refractivity contribution in [1.82, 2.24) is 26.6 Å². The SMILES string of the molecule is [CH2-]CCC[C@@H]1NC(=O)CSC[C@@H](C(C)=O)NC(=O)C(Cc2ccccc2)CC(=O)[C@@H]2CSSC[C@H](NC1=O)C(=O)C[C@@H](CCCN=C(N)N)C(=O)NCC(=O)C[C@@H](CC(=O)O)C(=O)N2. The minimum absolute atomic E-state index is 0.0241. The Bertz CT molecular complexity index is 1870. The van der Waals surface area contributed by atoms with E-state index in [1.165, 1.54) is 6.92 Å². The lowest BCUT2D eigenvalue weighted by Gasteiger charge is -2.26. The van der Waals surface area contributed by atoms with Crippen LogP contribution in [0, 0.1) is 24.7 Å². The molecule has 5 amide bonds. The summed E-state index contributed by atoms with van der Waals surface area (Å²) < 4.78 is 0. The van der Waals surface area contributed by atoms with Gasteiger partial charge in [-0.05, 0) is 38.2 Å². The normalized spacial score (nSPS) is 25.6. The van der Waals surface area contributed by atoms with Crippen LogP contribution in [0.3, 0.4) is 0 Å². The van der Waals surface area contributed by atoms with Crippen molar-refractivity contribution in [2.24, 2.45) is 34.2 Å². The largest absolute Gasteiger partial charge is 0.481 e. The summed E-state index contributed by atoms with van der Waals surface area (Å²) in [5.74, 6) is -11.3. The lowest BCUT2D eigenvalue weighted by atomic mass is 9.90. The maximum absolute atomic E-state index is 14.3. The van der Waals surface area contributed by atoms with Crippen molar-refractivity contribution in [3.05, 3.63) is 42.8 Å². The number of guanidine groups is 1. The van der Waals surface area contributed by atoms with Crippen molar-refractivity contribution in [3.8, 4) is 0 Å². The van der Waals surface area contributed by atoms with Crippen molar-refractivity contribution in [3.63, 3.8) is 0 Å². The van der Waals surface area contributed by atoms with E-state index < -0.39 is 133 Å². The minimum Gasteiger partial charge on any atom is -0.481 e. The minimum atomic E-state index is -1.45. The Morgan fingerprint density at radius 1 is 0.766 bits per heavy atom. The summed E-state index contributed by atoms with van der Waals surface area (Å²) in [4.78, 5) is 139. The molecule has 352 valence electrons. The van der Waals surface area contributed by atoms with E-state index in [1.807, 2.05) is 0 Å². The molecule has 3 rings (SSSR count). The predicted molar refractivity (Wildman–Crippen MR) is 245 cm³/mol. The number of rotatable bonds is 12. The number of unbranched alkanes of at least 4 members (excludes halogenated alkanes) is 1. The highest BCUT2D eigenvalue weighted by Gasteiger charge is 2.35. The number of carboxylic acids is 1. The molecule has 0 saturated carbocycles. The molecule has 2 aliphatic heterocycles. The van der Waals surface area contributed by atoms with Gasteiger partial charge in [-0.15, -0.1) is 11.8 Å². The lowest BCUT2D eigenvalue weighted by Crippen LogP contribution is -2.53. The van der Waals surface area contributed by atoms with Crippen molar-refractivity contribution in [2.75, 3.05) is 36.1 Å². The van der Waals surface area contributed by atoms with Crippen LogP contribution in [0.4, 0.5) is 0 Å². The summed E-state index contributed by atoms with van der Waals surface area (Å²) >= 11 is 1.04. The molecule has 2 heterocycles. The Morgan fingerprint density at radius 3 is 2.00 bits per heavy atom. The molecule has 2 fully saturated rings. The fourth-order valence-electron chi connectivity index (χ4n) is 6.84. The highest BCUT2D eigenvalue weighted by Crippen LogP contribution is 2.27. The fourth-order valence-corrected chi connectivity index (χ4v) is 10.2. The van der Waals surface area contributed by atoms with E-state index in [1.54, 1.807) is 30.3 Å². The standard InChI is InChI=1S/C42H59N8O11S3/c1-3-4-12-30-41(61)50-33-22-64-63-21-32(35(54)17-27(14-25-9-6-5-7-10-25)39(59)48-31(24(2)51)20-62-23-36(55)47-30)49-40(60)28(18-37(56)57)15-29(52)19-46-38(58)26(16-34(33)53)11-8-13-45-42(43)44/h5-7,9-10,26-28,30-33H,1,3-4,8,11-23H2,2H3,(H,46,58)(H,47,55)(H,48,59)(H,49,60)(H,50,61)(H,56,57)(H4,43,44,45)/q-1/t26-,27?,28+,30+,31+,32+,33+/m1/s1. The Labute approximate surface area is 384 Å². The van der Waals surface area contributed by atoms with Gasteiger partial charge in [0.2, 0.25) is 29.5 Å². The molecule has 2 saturated heterocycles. The number of thioether (sulfide) groups is 1. The molecule has 22 heteroatoms. The summed E-state index contributed by atoms with van der Waals surface area (Å²) in [6.45, 7) is 4.61. The molecule has 0 aliphatic carbocycles. The van der Waals surface area contributed by atoms with E-state index in [9.17, 15) is 53.1 Å². The molecular formula is C42H59N8O11S3-. The summed E-state index contributed by atoms with van der Waals surface area (Å²) in [5, 5.41) is 23.0. The van der Waals surface area contributed by atoms with Gasteiger partial charge in [0.15, 0.2) is 29.1 Å². The van der Waals surface area contributed by atoms with E-state index in [2.05, 4.69) is 38.5 Å². The van der Waals surface area contributed by atoms with E-state index in [0.29, 0.717) is 18.4 Å². The first-order valence-electron chi connectivity index (χ1n) is 21.0. The van der Waals surface area contributed by atoms with Crippen molar-refractivity contribution < 1.29 is 53.1 Å². The summed E-state index contributed by atoms with van der Waals surface area (Å²) in [5.41, 5.74) is 11.6. The molecule has 0 spiro atoms. The van der Waals surface area contributed by atoms with E-state index >= 15 is 0 Å². The number of Topliss-reactive ketones (excluding diaryl/α,β-unsaturated/α-hetero) is 4. The van der Waals surface area contributed by atoms with Crippen LogP contribution in [-0.4, -0.2) is 130 Å². The van der Waals surface area contributed by atoms with Gasteiger partial charge in [-0.1, -0.05) is 58.3 Å². The molecule has 0 aromatic heterocycles. The third-order valence-electron chi connectivity index (χ3n) is 10.4. The summed E-state index contributed by atoms with van der Waals surface area (Å²) in [6.07, 6.45) is -0.771. The summed E-state index contributed by atoms with van der Waals surface area (Å²) in [6, 6.07) is 4.11. The second-order valence-corrected chi connectivity index (χ2v) is 19.2. The second-order valence-electron chi connectivity index (χ2n) is 15.6. The Kier molecular flexibility index (Phi) is 23.4. The Balaban J connectivity index is 2.13. The first-order chi connectivity index (χ1) is 30.5. The zero-order chi connectivity index (χ0) is 47.2. The zero-order valence-electron chi connectivity index (χ0n) is 35.8. The maximum atomic E-state index is 14.3. The molecule has 7 atom stereocenters. The number of benzene rings is 1. The number of aliphatic carboxylic acids is 1. The van der Waals surface area contributed by atoms with Crippen LogP contribution in [0.1, 0.15) is 70.3 Å². The molecule has 2 bridgehead atoms. The Hall–Kier alpha value is -4.96. The third kappa shape index (κ3) is 19.4. The molecule has 1 aromatic rings. The molecule has 2 aliphatic rings. The fraction of sp³-hybridized carbons (Fsp3) is 0.571. The van der Waals surface area contributed by atoms with Gasteiger partial charge in [0, 0.05) is 54.9 Å². The van der Waals surface area contributed by atoms with Crippen LogP contribution in [0.2, 0.25) is 0 Å². The van der Waals surface area contributed by atoms with Gasteiger partial charge in [0.1, 0.15) is 6.04 Å². The van der Waals surface area contributed by atoms with E-state index in [4.69, 9.17) is 11.5 Å². The number of amides is 5. The number of nitrogens with zero attached hydrogens (tertiary/aromatic N) is 1. The van der Waals surface area contributed by atoms with Crippen LogP contribution in [0.5, 0.6) is 0 Å². The Morgan fingerprint density at radius 2 is 1.39 bits per heavy atom. The topological polar surface area (TPSA) is 315 Å². The molecule has 0 radical (unpaired) electrons. The number of aliphatic imine (C=N–C) groups is 1. The van der Waals surface area contributed by atoms with Gasteiger partial charge in [0.05, 0.1) is 42.8 Å². The van der Waals surface area contributed by atoms with Gasteiger partial charge < -0.3 is 50.1 Å². The third-order valence-corrected chi connectivity index (χ3v) is 13.8. The van der Waals surface area contributed by atoms with Gasteiger partial charge >= 0.3 is 5.97 Å². The molecule has 1 aromatic carbocycles. The van der Waals surface area contributed by atoms with Gasteiger partial charge in [0.25, 0.3) is 0 Å². The highest BCUT2D eigenvalue weighted by molar-refractivity contribution is 8.76. The number of ketones is 4. The summed E-state index contributed by atoms with van der Waals surface area (Å²) in [7, 11) is 2.12. The number of nitrogens with two attached hydrogens (primary N) is 2. The highest BCUT2D eigenvalue weighted by atomic mass is 33.1. The molecule has 19 nitrogen and oxygen atoms in total. The number of hydrogen-bond acceptors (Lipinski definition) is 14. The average Bonchev–Trinajstić information content (AvgIpc) is 3.24. The van der Waals surface area contributed by atoms with Gasteiger partial charge in [-0.3, -0.25) is 52.9 Å². The zero-order valence-corrected chi connectivity index (χ0v) is 38.3. The quantitative estimate of drug-likeness (QED) is 0.0459. The van der Waals surface area contributed by atoms with Gasteiger partial charge in [-0.25, -0.2) is 0 Å². The number of carboxylic acid groups (broad SMARTS) is 1.